The van der Waals surface area contributed by atoms with Crippen molar-refractivity contribution in [3.8, 4) is 11.8 Å². The van der Waals surface area contributed by atoms with E-state index in [1.165, 1.54) is 12.1 Å². The minimum Gasteiger partial charge on any atom is -0.294 e. The molecule has 0 saturated heterocycles. The monoisotopic (exact) mass is 261 g/mol. The predicted molar refractivity (Wildman–Crippen MR) is 69.6 cm³/mol. The first kappa shape index (κ1) is 12.7. The van der Waals surface area contributed by atoms with Gasteiger partial charge in [-0.15, -0.1) is 12.6 Å². The molecule has 3 nitrogen and oxygen atoms in total. The summed E-state index contributed by atoms with van der Waals surface area (Å²) in [5.74, 6) is -0.504. The van der Waals surface area contributed by atoms with E-state index in [1.54, 1.807) is 11.5 Å². The van der Waals surface area contributed by atoms with Crippen LogP contribution in [0.4, 0.5) is 4.39 Å². The van der Waals surface area contributed by atoms with Crippen LogP contribution < -0.4 is 0 Å². The van der Waals surface area contributed by atoms with Crippen LogP contribution in [0.3, 0.4) is 0 Å². The minimum absolute atomic E-state index is 0.0232. The summed E-state index contributed by atoms with van der Waals surface area (Å²) in [6, 6.07) is 4.71. The molecule has 5 heteroatoms. The Bertz CT molecular complexity index is 640. The Morgan fingerprint density at radius 2 is 2.22 bits per heavy atom. The Labute approximate surface area is 110 Å². The molecule has 1 aromatic carbocycles. The SMILES string of the molecule is CCc1cn(-c2cc(C#N)c(F)cc2C)c(S)n1. The predicted octanol–water partition coefficient (Wildman–Crippen LogP) is 3.04. The fourth-order valence-electron chi connectivity index (χ4n) is 1.77. The topological polar surface area (TPSA) is 41.6 Å². The number of benzene rings is 1. The quantitative estimate of drug-likeness (QED) is 0.844. The number of nitrogens with zero attached hydrogens (tertiary/aromatic N) is 3. The average molecular weight is 261 g/mol. The number of hydrogen-bond donors (Lipinski definition) is 1. The third-order valence-electron chi connectivity index (χ3n) is 2.77. The van der Waals surface area contributed by atoms with Gasteiger partial charge in [-0.2, -0.15) is 5.26 Å². The lowest BCUT2D eigenvalue weighted by atomic mass is 10.1. The summed E-state index contributed by atoms with van der Waals surface area (Å²) in [6.45, 7) is 3.79. The number of nitriles is 1. The van der Waals surface area contributed by atoms with Gasteiger partial charge in [0.25, 0.3) is 0 Å². The van der Waals surface area contributed by atoms with Gasteiger partial charge in [0.05, 0.1) is 16.9 Å². The van der Waals surface area contributed by atoms with E-state index in [4.69, 9.17) is 5.26 Å². The minimum atomic E-state index is -0.504. The van der Waals surface area contributed by atoms with E-state index in [1.807, 2.05) is 19.2 Å². The van der Waals surface area contributed by atoms with Crippen LogP contribution in [-0.4, -0.2) is 9.55 Å². The van der Waals surface area contributed by atoms with Gasteiger partial charge in [0, 0.05) is 6.20 Å². The van der Waals surface area contributed by atoms with Gasteiger partial charge >= 0.3 is 0 Å². The lowest BCUT2D eigenvalue weighted by molar-refractivity contribution is 0.621. The zero-order valence-electron chi connectivity index (χ0n) is 10.1. The van der Waals surface area contributed by atoms with Crippen molar-refractivity contribution in [2.24, 2.45) is 0 Å². The summed E-state index contributed by atoms with van der Waals surface area (Å²) in [4.78, 5) is 4.28. The van der Waals surface area contributed by atoms with Crippen molar-refractivity contribution in [3.63, 3.8) is 0 Å². The molecule has 0 N–H and O–H groups in total. The number of hydrogen-bond acceptors (Lipinski definition) is 3. The largest absolute Gasteiger partial charge is 0.294 e. The molecule has 0 fully saturated rings. The highest BCUT2D eigenvalue weighted by Crippen LogP contribution is 2.22. The molecule has 92 valence electrons. The molecule has 0 unspecified atom stereocenters. The second kappa shape index (κ2) is 4.83. The maximum Gasteiger partial charge on any atom is 0.169 e. The molecular formula is C13H12FN3S. The third-order valence-corrected chi connectivity index (χ3v) is 3.08. The highest BCUT2D eigenvalue weighted by molar-refractivity contribution is 7.80. The Morgan fingerprint density at radius 1 is 1.50 bits per heavy atom. The van der Waals surface area contributed by atoms with Crippen molar-refractivity contribution in [1.29, 1.82) is 5.26 Å². The van der Waals surface area contributed by atoms with E-state index in [-0.39, 0.29) is 5.56 Å². The lowest BCUT2D eigenvalue weighted by Gasteiger charge is -2.09. The zero-order valence-corrected chi connectivity index (χ0v) is 11.0. The van der Waals surface area contributed by atoms with Crippen molar-refractivity contribution in [3.05, 3.63) is 41.0 Å². The Kier molecular flexibility index (Phi) is 3.39. The number of imidazole rings is 1. The van der Waals surface area contributed by atoms with Crippen molar-refractivity contribution in [2.75, 3.05) is 0 Å². The first-order valence-corrected chi connectivity index (χ1v) is 5.99. The highest BCUT2D eigenvalue weighted by atomic mass is 32.1. The normalized spacial score (nSPS) is 10.4. The molecule has 1 aromatic heterocycles. The van der Waals surface area contributed by atoms with Crippen molar-refractivity contribution in [2.45, 2.75) is 25.4 Å². The molecule has 0 spiro atoms. The van der Waals surface area contributed by atoms with Crippen LogP contribution in [0.15, 0.2) is 23.5 Å². The lowest BCUT2D eigenvalue weighted by Crippen LogP contribution is -1.99. The van der Waals surface area contributed by atoms with Crippen LogP contribution >= 0.6 is 12.6 Å². The standard InChI is InChI=1S/C13H12FN3S/c1-3-10-7-17(13(18)16-10)12-5-9(6-15)11(14)4-8(12)2/h4-5,7H,3H2,1-2H3,(H,16,18). The van der Waals surface area contributed by atoms with E-state index in [0.717, 1.165) is 23.4 Å². The van der Waals surface area contributed by atoms with Crippen LogP contribution in [0.2, 0.25) is 0 Å². The maximum absolute atomic E-state index is 13.5. The summed E-state index contributed by atoms with van der Waals surface area (Å²) in [6.07, 6.45) is 2.65. The molecule has 2 aromatic rings. The van der Waals surface area contributed by atoms with Gasteiger partial charge in [0.15, 0.2) is 5.16 Å². The smallest absolute Gasteiger partial charge is 0.169 e. The van der Waals surface area contributed by atoms with E-state index < -0.39 is 5.82 Å². The second-order valence-corrected chi connectivity index (χ2v) is 4.39. The number of aryl methyl sites for hydroxylation is 2. The third kappa shape index (κ3) is 2.12. The molecule has 18 heavy (non-hydrogen) atoms. The van der Waals surface area contributed by atoms with Gasteiger partial charge in [-0.05, 0) is 31.0 Å². The zero-order chi connectivity index (χ0) is 13.3. The van der Waals surface area contributed by atoms with Gasteiger partial charge < -0.3 is 0 Å². The van der Waals surface area contributed by atoms with E-state index >= 15 is 0 Å². The molecule has 2 rings (SSSR count). The van der Waals surface area contributed by atoms with Gasteiger partial charge in [0.2, 0.25) is 0 Å². The Morgan fingerprint density at radius 3 is 2.78 bits per heavy atom. The number of halogens is 1. The van der Waals surface area contributed by atoms with Gasteiger partial charge in [0.1, 0.15) is 11.9 Å². The number of rotatable bonds is 2. The van der Waals surface area contributed by atoms with Crippen LogP contribution in [0.5, 0.6) is 0 Å². The van der Waals surface area contributed by atoms with Crippen molar-refractivity contribution < 1.29 is 4.39 Å². The molecule has 0 amide bonds. The van der Waals surface area contributed by atoms with Crippen LogP contribution in [0.25, 0.3) is 5.69 Å². The van der Waals surface area contributed by atoms with Crippen LogP contribution in [0, 0.1) is 24.1 Å². The van der Waals surface area contributed by atoms with Gasteiger partial charge in [-0.25, -0.2) is 9.37 Å². The molecule has 0 radical (unpaired) electrons. The average Bonchev–Trinajstić information content (AvgIpc) is 2.71. The summed E-state index contributed by atoms with van der Waals surface area (Å²) in [5, 5.41) is 9.40. The van der Waals surface area contributed by atoms with Crippen LogP contribution in [0.1, 0.15) is 23.7 Å². The van der Waals surface area contributed by atoms with Crippen molar-refractivity contribution >= 4 is 12.6 Å². The fourth-order valence-corrected chi connectivity index (χ4v) is 2.07. The summed E-state index contributed by atoms with van der Waals surface area (Å²) >= 11 is 4.30. The molecular weight excluding hydrogens is 249 g/mol. The van der Waals surface area contributed by atoms with E-state index in [2.05, 4.69) is 17.6 Å². The first-order chi connectivity index (χ1) is 8.56. The van der Waals surface area contributed by atoms with E-state index in [0.29, 0.717) is 5.16 Å². The Hall–Kier alpha value is -1.80. The molecule has 1 heterocycles. The second-order valence-electron chi connectivity index (χ2n) is 3.99. The fraction of sp³-hybridized carbons (Fsp3) is 0.231. The summed E-state index contributed by atoms with van der Waals surface area (Å²) in [5.41, 5.74) is 2.39. The molecule has 0 aliphatic heterocycles. The molecule has 0 bridgehead atoms. The Balaban J connectivity index is 2.63. The molecule has 0 aliphatic carbocycles. The van der Waals surface area contributed by atoms with Crippen LogP contribution in [-0.2, 0) is 6.42 Å². The molecule has 0 saturated carbocycles. The first-order valence-electron chi connectivity index (χ1n) is 5.54. The number of thiol groups is 1. The summed E-state index contributed by atoms with van der Waals surface area (Å²) < 4.78 is 15.2. The highest BCUT2D eigenvalue weighted by Gasteiger charge is 2.11. The van der Waals surface area contributed by atoms with E-state index in [9.17, 15) is 4.39 Å². The molecule has 0 aliphatic rings. The maximum atomic E-state index is 13.5. The van der Waals surface area contributed by atoms with Crippen molar-refractivity contribution in [1.82, 2.24) is 9.55 Å². The van der Waals surface area contributed by atoms with Gasteiger partial charge in [-0.3, -0.25) is 4.57 Å². The van der Waals surface area contributed by atoms with Gasteiger partial charge in [-0.1, -0.05) is 6.92 Å². The summed E-state index contributed by atoms with van der Waals surface area (Å²) in [7, 11) is 0. The molecule has 0 atom stereocenters. The number of aromatic nitrogens is 2.